The van der Waals surface area contributed by atoms with Gasteiger partial charge in [-0.1, -0.05) is 12.0 Å². The van der Waals surface area contributed by atoms with Gasteiger partial charge in [0.25, 0.3) is 0 Å². The van der Waals surface area contributed by atoms with Crippen molar-refractivity contribution in [1.29, 1.82) is 0 Å². The Morgan fingerprint density at radius 2 is 1.27 bits per heavy atom. The van der Waals surface area contributed by atoms with Crippen molar-refractivity contribution in [2.75, 3.05) is 20.8 Å². The summed E-state index contributed by atoms with van der Waals surface area (Å²) in [5, 5.41) is 8.48. The maximum absolute atomic E-state index is 5.56. The molecule has 0 amide bonds. The molecule has 0 aliphatic rings. The van der Waals surface area contributed by atoms with Crippen LogP contribution in [0, 0.1) is 0 Å². The molecule has 0 radical (unpaired) electrons. The van der Waals surface area contributed by atoms with Crippen LogP contribution in [-0.2, 0) is 0 Å². The van der Waals surface area contributed by atoms with E-state index in [0.717, 1.165) is 29.0 Å². The summed E-state index contributed by atoms with van der Waals surface area (Å²) in [6, 6.07) is 15.6. The fourth-order valence-electron chi connectivity index (χ4n) is 2.46. The molecule has 1 aromatic heterocycles. The average molecular weight is 351 g/mol. The van der Waals surface area contributed by atoms with Gasteiger partial charge in [0.1, 0.15) is 22.9 Å². The van der Waals surface area contributed by atoms with E-state index in [1.807, 2.05) is 55.5 Å². The molecule has 0 aliphatic carbocycles. The smallest absolute Gasteiger partial charge is 0.336 e. The van der Waals surface area contributed by atoms with E-state index in [1.165, 1.54) is 0 Å². The Hall–Kier alpha value is -3.15. The molecule has 134 valence electrons. The molecule has 2 aromatic carbocycles. The molecule has 0 saturated heterocycles. The van der Waals surface area contributed by atoms with Crippen molar-refractivity contribution in [2.45, 2.75) is 13.3 Å². The van der Waals surface area contributed by atoms with Crippen molar-refractivity contribution in [3.05, 3.63) is 48.5 Å². The molecule has 26 heavy (non-hydrogen) atoms. The summed E-state index contributed by atoms with van der Waals surface area (Å²) < 4.78 is 16.0. The van der Waals surface area contributed by atoms with Crippen LogP contribution in [0.5, 0.6) is 17.5 Å². The number of nitrogens with zero attached hydrogens (tertiary/aromatic N) is 3. The number of ether oxygens (including phenoxy) is 3. The molecular weight excluding hydrogens is 330 g/mol. The van der Waals surface area contributed by atoms with Crippen molar-refractivity contribution in [1.82, 2.24) is 15.2 Å². The number of aromatic nitrogens is 3. The van der Waals surface area contributed by atoms with Crippen LogP contribution in [0.4, 0.5) is 0 Å². The lowest BCUT2D eigenvalue weighted by molar-refractivity contribution is 0.288. The van der Waals surface area contributed by atoms with E-state index >= 15 is 0 Å². The van der Waals surface area contributed by atoms with Gasteiger partial charge in [-0.15, -0.1) is 5.10 Å². The van der Waals surface area contributed by atoms with E-state index in [-0.39, 0.29) is 6.01 Å². The lowest BCUT2D eigenvalue weighted by atomic mass is 10.0. The molecule has 1 heterocycles. The molecule has 0 aliphatic heterocycles. The Morgan fingerprint density at radius 1 is 0.731 bits per heavy atom. The van der Waals surface area contributed by atoms with E-state index in [1.54, 1.807) is 14.2 Å². The average Bonchev–Trinajstić information content (AvgIpc) is 2.72. The van der Waals surface area contributed by atoms with Crippen molar-refractivity contribution in [2.24, 2.45) is 0 Å². The molecular formula is C20H21N3O3. The minimum Gasteiger partial charge on any atom is -0.497 e. The van der Waals surface area contributed by atoms with E-state index in [9.17, 15) is 0 Å². The number of methoxy groups -OCH3 is 2. The molecule has 0 fully saturated rings. The van der Waals surface area contributed by atoms with E-state index in [4.69, 9.17) is 14.2 Å². The van der Waals surface area contributed by atoms with Crippen molar-refractivity contribution >= 4 is 0 Å². The highest BCUT2D eigenvalue weighted by atomic mass is 16.5. The third-order valence-corrected chi connectivity index (χ3v) is 3.83. The molecule has 0 atom stereocenters. The maximum atomic E-state index is 5.56. The summed E-state index contributed by atoms with van der Waals surface area (Å²) in [6.45, 7) is 2.58. The predicted molar refractivity (Wildman–Crippen MR) is 99.6 cm³/mol. The topological polar surface area (TPSA) is 66.4 Å². The highest BCUT2D eigenvalue weighted by Crippen LogP contribution is 2.31. The van der Waals surface area contributed by atoms with Crippen LogP contribution in [0.25, 0.3) is 22.5 Å². The van der Waals surface area contributed by atoms with Crippen LogP contribution in [-0.4, -0.2) is 36.0 Å². The summed E-state index contributed by atoms with van der Waals surface area (Å²) in [6.07, 6.45) is 0.876. The molecule has 3 rings (SSSR count). The van der Waals surface area contributed by atoms with E-state index in [2.05, 4.69) is 15.2 Å². The van der Waals surface area contributed by atoms with Crippen LogP contribution in [0.1, 0.15) is 13.3 Å². The van der Waals surface area contributed by atoms with Crippen LogP contribution in [0.3, 0.4) is 0 Å². The Morgan fingerprint density at radius 3 is 1.77 bits per heavy atom. The molecule has 0 N–H and O–H groups in total. The molecule has 6 nitrogen and oxygen atoms in total. The quantitative estimate of drug-likeness (QED) is 0.641. The summed E-state index contributed by atoms with van der Waals surface area (Å²) in [7, 11) is 3.28. The molecule has 0 spiro atoms. The second kappa shape index (κ2) is 8.29. The fraction of sp³-hybridized carbons (Fsp3) is 0.250. The second-order valence-corrected chi connectivity index (χ2v) is 5.60. The zero-order valence-corrected chi connectivity index (χ0v) is 15.1. The standard InChI is InChI=1S/C20H21N3O3/c1-4-13-26-20-21-18(14-5-9-16(24-2)10-6-14)19(22-23-20)15-7-11-17(25-3)12-8-15/h5-12H,4,13H2,1-3H3. The third kappa shape index (κ3) is 3.91. The highest BCUT2D eigenvalue weighted by Gasteiger charge is 2.14. The molecule has 6 heteroatoms. The largest absolute Gasteiger partial charge is 0.497 e. The monoisotopic (exact) mass is 351 g/mol. The number of hydrogen-bond donors (Lipinski definition) is 0. The Balaban J connectivity index is 2.06. The molecule has 0 saturated carbocycles. The summed E-state index contributed by atoms with van der Waals surface area (Å²) in [4.78, 5) is 4.59. The molecule has 0 bridgehead atoms. The summed E-state index contributed by atoms with van der Waals surface area (Å²) in [5.41, 5.74) is 3.20. The zero-order valence-electron chi connectivity index (χ0n) is 15.1. The normalized spacial score (nSPS) is 10.4. The third-order valence-electron chi connectivity index (χ3n) is 3.83. The van der Waals surface area contributed by atoms with Gasteiger partial charge < -0.3 is 14.2 Å². The summed E-state index contributed by atoms with van der Waals surface area (Å²) >= 11 is 0. The van der Waals surface area contributed by atoms with Gasteiger partial charge in [-0.3, -0.25) is 0 Å². The Labute approximate surface area is 152 Å². The first-order valence-corrected chi connectivity index (χ1v) is 8.41. The van der Waals surface area contributed by atoms with Gasteiger partial charge in [-0.05, 0) is 55.0 Å². The Kier molecular flexibility index (Phi) is 5.63. The molecule has 0 unspecified atom stereocenters. The maximum Gasteiger partial charge on any atom is 0.336 e. The van der Waals surface area contributed by atoms with E-state index in [0.29, 0.717) is 18.0 Å². The zero-order chi connectivity index (χ0) is 18.4. The number of rotatable bonds is 7. The minimum absolute atomic E-state index is 0.273. The van der Waals surface area contributed by atoms with Gasteiger partial charge in [-0.25, -0.2) is 0 Å². The highest BCUT2D eigenvalue weighted by molar-refractivity contribution is 5.78. The van der Waals surface area contributed by atoms with Crippen LogP contribution in [0.2, 0.25) is 0 Å². The second-order valence-electron chi connectivity index (χ2n) is 5.60. The minimum atomic E-state index is 0.273. The molecule has 3 aromatic rings. The van der Waals surface area contributed by atoms with Crippen LogP contribution in [0.15, 0.2) is 48.5 Å². The van der Waals surface area contributed by atoms with Crippen LogP contribution >= 0.6 is 0 Å². The van der Waals surface area contributed by atoms with E-state index < -0.39 is 0 Å². The summed E-state index contributed by atoms with van der Waals surface area (Å²) in [5.74, 6) is 1.56. The fourth-order valence-corrected chi connectivity index (χ4v) is 2.46. The number of hydrogen-bond acceptors (Lipinski definition) is 6. The van der Waals surface area contributed by atoms with Gasteiger partial charge in [0.05, 0.1) is 20.8 Å². The van der Waals surface area contributed by atoms with Gasteiger partial charge in [0.15, 0.2) is 0 Å². The lowest BCUT2D eigenvalue weighted by Crippen LogP contribution is -2.04. The van der Waals surface area contributed by atoms with Crippen molar-refractivity contribution < 1.29 is 14.2 Å². The predicted octanol–water partition coefficient (Wildman–Crippen LogP) is 4.01. The van der Waals surface area contributed by atoms with Gasteiger partial charge in [0, 0.05) is 11.1 Å². The Bertz CT molecular complexity index is 849. The van der Waals surface area contributed by atoms with Crippen LogP contribution < -0.4 is 14.2 Å². The first-order valence-electron chi connectivity index (χ1n) is 8.41. The SMILES string of the molecule is CCCOc1nnc(-c2ccc(OC)cc2)c(-c2ccc(OC)cc2)n1. The van der Waals surface area contributed by atoms with Crippen molar-refractivity contribution in [3.8, 4) is 40.0 Å². The van der Waals surface area contributed by atoms with Gasteiger partial charge in [0.2, 0.25) is 0 Å². The lowest BCUT2D eigenvalue weighted by Gasteiger charge is -2.11. The van der Waals surface area contributed by atoms with Crippen molar-refractivity contribution in [3.63, 3.8) is 0 Å². The van der Waals surface area contributed by atoms with Gasteiger partial charge in [-0.2, -0.15) is 4.98 Å². The van der Waals surface area contributed by atoms with Gasteiger partial charge >= 0.3 is 6.01 Å². The first kappa shape index (κ1) is 17.7. The number of benzene rings is 2. The first-order chi connectivity index (χ1) is 12.7.